The van der Waals surface area contributed by atoms with Gasteiger partial charge < -0.3 is 4.55 Å². The normalized spacial score (nSPS) is 11.8. The number of aryl methyl sites for hydroxylation is 3. The minimum atomic E-state index is -4.48. The molecular formula is C13H17Cl2O3S-. The Hall–Kier alpha value is -0.290. The molecule has 0 N–H and O–H groups in total. The number of benzene rings is 1. The standard InChI is InChI=1S/C13H18Cl2O3S/c1-2-3-11-8-10(4-6-14)9-12(5-7-15)13(11)19(16,17)18/h8-9H,2-7H2,1H3,(H,16,17,18)/p-1. The third-order valence-electron chi connectivity index (χ3n) is 2.82. The van der Waals surface area contributed by atoms with E-state index < -0.39 is 10.1 Å². The van der Waals surface area contributed by atoms with E-state index in [9.17, 15) is 13.0 Å². The van der Waals surface area contributed by atoms with Gasteiger partial charge in [0, 0.05) is 11.8 Å². The van der Waals surface area contributed by atoms with E-state index in [1.165, 1.54) is 0 Å². The Morgan fingerprint density at radius 1 is 1.05 bits per heavy atom. The van der Waals surface area contributed by atoms with Crippen molar-refractivity contribution in [2.75, 3.05) is 11.8 Å². The first-order chi connectivity index (χ1) is 8.93. The predicted molar refractivity (Wildman–Crippen MR) is 77.2 cm³/mol. The molecule has 19 heavy (non-hydrogen) atoms. The first kappa shape index (κ1) is 16.8. The second kappa shape index (κ2) is 7.48. The van der Waals surface area contributed by atoms with Gasteiger partial charge >= 0.3 is 0 Å². The summed E-state index contributed by atoms with van der Waals surface area (Å²) < 4.78 is 34.4. The van der Waals surface area contributed by atoms with Crippen molar-refractivity contribution in [1.82, 2.24) is 0 Å². The van der Waals surface area contributed by atoms with Gasteiger partial charge in [0.15, 0.2) is 0 Å². The fourth-order valence-electron chi connectivity index (χ4n) is 2.14. The van der Waals surface area contributed by atoms with Gasteiger partial charge in [0.2, 0.25) is 0 Å². The zero-order valence-corrected chi connectivity index (χ0v) is 13.1. The molecule has 108 valence electrons. The Bertz CT molecular complexity index is 500. The van der Waals surface area contributed by atoms with Crippen molar-refractivity contribution < 1.29 is 13.0 Å². The average molecular weight is 324 g/mol. The average Bonchev–Trinajstić information content (AvgIpc) is 2.28. The fourth-order valence-corrected chi connectivity index (χ4v) is 3.53. The summed E-state index contributed by atoms with van der Waals surface area (Å²) in [5.41, 5.74) is 2.04. The van der Waals surface area contributed by atoms with Crippen molar-refractivity contribution >= 4 is 33.3 Å². The van der Waals surface area contributed by atoms with Crippen LogP contribution in [0.25, 0.3) is 0 Å². The molecule has 6 heteroatoms. The number of hydrogen-bond acceptors (Lipinski definition) is 3. The first-order valence-electron chi connectivity index (χ1n) is 6.16. The van der Waals surface area contributed by atoms with E-state index >= 15 is 0 Å². The smallest absolute Gasteiger partial charge is 0.124 e. The summed E-state index contributed by atoms with van der Waals surface area (Å²) in [5.74, 6) is 0.730. The highest BCUT2D eigenvalue weighted by atomic mass is 35.5. The van der Waals surface area contributed by atoms with Crippen LogP contribution in [-0.2, 0) is 29.4 Å². The predicted octanol–water partition coefficient (Wildman–Crippen LogP) is 3.11. The zero-order chi connectivity index (χ0) is 14.5. The van der Waals surface area contributed by atoms with E-state index in [4.69, 9.17) is 23.2 Å². The lowest BCUT2D eigenvalue weighted by Crippen LogP contribution is -2.10. The molecule has 0 aliphatic heterocycles. The van der Waals surface area contributed by atoms with Gasteiger partial charge in [0.1, 0.15) is 10.1 Å². The number of hydrogen-bond donors (Lipinski definition) is 0. The molecule has 0 radical (unpaired) electrons. The first-order valence-corrected chi connectivity index (χ1v) is 8.64. The summed E-state index contributed by atoms with van der Waals surface area (Å²) in [6.45, 7) is 1.94. The Morgan fingerprint density at radius 3 is 2.00 bits per heavy atom. The number of halogens is 2. The fraction of sp³-hybridized carbons (Fsp3) is 0.538. The summed E-state index contributed by atoms with van der Waals surface area (Å²) in [4.78, 5) is -0.0895. The lowest BCUT2D eigenvalue weighted by molar-refractivity contribution is 0.461. The molecule has 0 aliphatic rings. The highest BCUT2D eigenvalue weighted by Gasteiger charge is 2.15. The quantitative estimate of drug-likeness (QED) is 0.572. The molecule has 0 atom stereocenters. The van der Waals surface area contributed by atoms with Crippen LogP contribution < -0.4 is 0 Å². The van der Waals surface area contributed by atoms with E-state index in [2.05, 4.69) is 0 Å². The van der Waals surface area contributed by atoms with Crippen molar-refractivity contribution in [1.29, 1.82) is 0 Å². The van der Waals surface area contributed by atoms with Crippen molar-refractivity contribution in [3.05, 3.63) is 28.8 Å². The van der Waals surface area contributed by atoms with Crippen molar-refractivity contribution in [2.45, 2.75) is 37.5 Å². The maximum Gasteiger partial charge on any atom is 0.124 e. The molecule has 0 amide bonds. The van der Waals surface area contributed by atoms with E-state index in [1.54, 1.807) is 12.1 Å². The van der Waals surface area contributed by atoms with E-state index in [0.717, 1.165) is 12.0 Å². The molecule has 0 aromatic heterocycles. The Labute approximate surface area is 124 Å². The van der Waals surface area contributed by atoms with Gasteiger partial charge in [-0.25, -0.2) is 8.42 Å². The Morgan fingerprint density at radius 2 is 1.58 bits per heavy atom. The van der Waals surface area contributed by atoms with Gasteiger partial charge in [-0.3, -0.25) is 0 Å². The van der Waals surface area contributed by atoms with Crippen LogP contribution >= 0.6 is 23.2 Å². The lowest BCUT2D eigenvalue weighted by Gasteiger charge is -2.19. The minimum absolute atomic E-state index is 0.0895. The number of rotatable bonds is 7. The molecule has 1 aromatic carbocycles. The van der Waals surface area contributed by atoms with Crippen LogP contribution in [-0.4, -0.2) is 24.7 Å². The summed E-state index contributed by atoms with van der Waals surface area (Å²) in [6, 6.07) is 3.50. The van der Waals surface area contributed by atoms with E-state index in [1.807, 2.05) is 6.92 Å². The molecule has 0 unspecified atom stereocenters. The SMILES string of the molecule is CCCc1cc(CCCl)cc(CCCl)c1S(=O)(=O)[O-]. The van der Waals surface area contributed by atoms with Crippen molar-refractivity contribution in [3.63, 3.8) is 0 Å². The highest BCUT2D eigenvalue weighted by Crippen LogP contribution is 2.25. The molecule has 0 fully saturated rings. The van der Waals surface area contributed by atoms with Crippen molar-refractivity contribution in [3.8, 4) is 0 Å². The third kappa shape index (κ3) is 4.63. The molecule has 0 aliphatic carbocycles. The summed E-state index contributed by atoms with van der Waals surface area (Å²) in [6.07, 6.45) is 2.34. The van der Waals surface area contributed by atoms with Crippen LogP contribution in [0.1, 0.15) is 30.0 Å². The van der Waals surface area contributed by atoms with Gasteiger partial charge in [-0.05, 0) is 36.0 Å². The van der Waals surface area contributed by atoms with E-state index in [0.29, 0.717) is 36.3 Å². The van der Waals surface area contributed by atoms with Gasteiger partial charge in [-0.15, -0.1) is 23.2 Å². The summed E-state index contributed by atoms with van der Waals surface area (Å²) >= 11 is 11.4. The van der Waals surface area contributed by atoms with E-state index in [-0.39, 0.29) is 10.8 Å². The van der Waals surface area contributed by atoms with Crippen LogP contribution in [0.5, 0.6) is 0 Å². The van der Waals surface area contributed by atoms with Crippen LogP contribution in [0.2, 0.25) is 0 Å². The largest absolute Gasteiger partial charge is 0.744 e. The molecule has 1 aromatic rings. The minimum Gasteiger partial charge on any atom is -0.744 e. The van der Waals surface area contributed by atoms with Crippen LogP contribution in [0.4, 0.5) is 0 Å². The zero-order valence-electron chi connectivity index (χ0n) is 10.8. The Kier molecular flexibility index (Phi) is 6.60. The topological polar surface area (TPSA) is 57.2 Å². The molecule has 0 heterocycles. The van der Waals surface area contributed by atoms with Crippen molar-refractivity contribution in [2.24, 2.45) is 0 Å². The monoisotopic (exact) mass is 323 g/mol. The molecule has 1 rings (SSSR count). The molecule has 0 bridgehead atoms. The van der Waals surface area contributed by atoms with Gasteiger partial charge in [-0.2, -0.15) is 0 Å². The highest BCUT2D eigenvalue weighted by molar-refractivity contribution is 7.85. The molecule has 0 saturated heterocycles. The molecule has 0 saturated carbocycles. The molecular weight excluding hydrogens is 307 g/mol. The lowest BCUT2D eigenvalue weighted by atomic mass is 9.99. The number of alkyl halides is 2. The van der Waals surface area contributed by atoms with Crippen LogP contribution in [0, 0.1) is 0 Å². The van der Waals surface area contributed by atoms with Gasteiger partial charge in [-0.1, -0.05) is 25.5 Å². The Balaban J connectivity index is 3.46. The summed E-state index contributed by atoms with van der Waals surface area (Å²) in [5, 5.41) is 0. The van der Waals surface area contributed by atoms with Gasteiger partial charge in [0.05, 0.1) is 4.90 Å². The maximum absolute atomic E-state index is 11.5. The van der Waals surface area contributed by atoms with Gasteiger partial charge in [0.25, 0.3) is 0 Å². The second-order valence-electron chi connectivity index (χ2n) is 4.33. The van der Waals surface area contributed by atoms with Crippen LogP contribution in [0.15, 0.2) is 17.0 Å². The maximum atomic E-state index is 11.5. The van der Waals surface area contributed by atoms with Crippen LogP contribution in [0.3, 0.4) is 0 Å². The summed E-state index contributed by atoms with van der Waals surface area (Å²) in [7, 11) is -4.48. The third-order valence-corrected chi connectivity index (χ3v) is 4.22. The molecule has 0 spiro atoms. The second-order valence-corrected chi connectivity index (χ2v) is 6.40. The molecule has 3 nitrogen and oxygen atoms in total.